The minimum Gasteiger partial charge on any atom is -0.496 e. The molecule has 1 atom stereocenters. The standard InChI is InChI=1S/C13H20ClNO2/c1-4-13(15,9-16-2)8-10-7-11(14)5-6-12(10)17-3/h5-7H,4,8-9,15H2,1-3H3. The molecule has 0 saturated heterocycles. The molecule has 1 aromatic rings. The van der Waals surface area contributed by atoms with Gasteiger partial charge in [0.25, 0.3) is 0 Å². The Morgan fingerprint density at radius 2 is 2.06 bits per heavy atom. The first-order valence-electron chi connectivity index (χ1n) is 5.65. The van der Waals surface area contributed by atoms with Crippen molar-refractivity contribution in [3.8, 4) is 5.75 Å². The fraction of sp³-hybridized carbons (Fsp3) is 0.538. The fourth-order valence-electron chi connectivity index (χ4n) is 1.83. The maximum absolute atomic E-state index is 6.29. The molecule has 0 spiro atoms. The van der Waals surface area contributed by atoms with Gasteiger partial charge in [0.15, 0.2) is 0 Å². The predicted octanol–water partition coefficient (Wildman–Crippen LogP) is 2.65. The van der Waals surface area contributed by atoms with E-state index in [2.05, 4.69) is 6.92 Å². The lowest BCUT2D eigenvalue weighted by atomic mass is 9.89. The second-order valence-electron chi connectivity index (χ2n) is 4.28. The van der Waals surface area contributed by atoms with Gasteiger partial charge < -0.3 is 15.2 Å². The van der Waals surface area contributed by atoms with E-state index in [-0.39, 0.29) is 5.54 Å². The van der Waals surface area contributed by atoms with Gasteiger partial charge in [0, 0.05) is 17.7 Å². The Hall–Kier alpha value is -0.770. The quantitative estimate of drug-likeness (QED) is 0.852. The number of hydrogen-bond donors (Lipinski definition) is 1. The van der Waals surface area contributed by atoms with Crippen molar-refractivity contribution in [1.29, 1.82) is 0 Å². The van der Waals surface area contributed by atoms with Crippen molar-refractivity contribution in [3.63, 3.8) is 0 Å². The highest BCUT2D eigenvalue weighted by atomic mass is 35.5. The number of rotatable bonds is 6. The van der Waals surface area contributed by atoms with E-state index in [1.54, 1.807) is 14.2 Å². The molecule has 3 nitrogen and oxygen atoms in total. The Balaban J connectivity index is 2.95. The van der Waals surface area contributed by atoms with Gasteiger partial charge in [0.1, 0.15) is 5.75 Å². The SMILES string of the molecule is CCC(N)(COC)Cc1cc(Cl)ccc1OC. The minimum atomic E-state index is -0.382. The maximum atomic E-state index is 6.29. The van der Waals surface area contributed by atoms with Crippen LogP contribution in [0.5, 0.6) is 5.75 Å². The molecule has 0 aliphatic rings. The third kappa shape index (κ3) is 3.87. The molecule has 0 aliphatic carbocycles. The number of nitrogens with two attached hydrogens (primary N) is 1. The Morgan fingerprint density at radius 3 is 2.59 bits per heavy atom. The lowest BCUT2D eigenvalue weighted by molar-refractivity contribution is 0.129. The third-order valence-electron chi connectivity index (χ3n) is 2.92. The van der Waals surface area contributed by atoms with Crippen LogP contribution in [0.15, 0.2) is 18.2 Å². The highest BCUT2D eigenvalue weighted by Crippen LogP contribution is 2.27. The summed E-state index contributed by atoms with van der Waals surface area (Å²) in [6.45, 7) is 2.56. The minimum absolute atomic E-state index is 0.382. The second kappa shape index (κ2) is 6.24. The Labute approximate surface area is 108 Å². The normalized spacial score (nSPS) is 14.4. The Kier molecular flexibility index (Phi) is 5.25. The van der Waals surface area contributed by atoms with Gasteiger partial charge in [-0.05, 0) is 36.6 Å². The topological polar surface area (TPSA) is 44.5 Å². The van der Waals surface area contributed by atoms with E-state index >= 15 is 0 Å². The molecule has 0 fully saturated rings. The molecule has 17 heavy (non-hydrogen) atoms. The lowest BCUT2D eigenvalue weighted by Crippen LogP contribution is -2.45. The molecule has 0 heterocycles. The summed E-state index contributed by atoms with van der Waals surface area (Å²) in [6.07, 6.45) is 1.51. The first-order chi connectivity index (χ1) is 8.04. The molecule has 1 unspecified atom stereocenters. The molecule has 4 heteroatoms. The van der Waals surface area contributed by atoms with Gasteiger partial charge in [-0.25, -0.2) is 0 Å². The molecular weight excluding hydrogens is 238 g/mol. The number of benzene rings is 1. The molecule has 96 valence electrons. The summed E-state index contributed by atoms with van der Waals surface area (Å²) >= 11 is 6.00. The molecule has 0 bridgehead atoms. The molecule has 0 radical (unpaired) electrons. The molecule has 0 amide bonds. The summed E-state index contributed by atoms with van der Waals surface area (Å²) in [4.78, 5) is 0. The smallest absolute Gasteiger partial charge is 0.122 e. The van der Waals surface area contributed by atoms with Crippen LogP contribution in [-0.4, -0.2) is 26.4 Å². The van der Waals surface area contributed by atoms with Crippen LogP contribution in [0.3, 0.4) is 0 Å². The monoisotopic (exact) mass is 257 g/mol. The first-order valence-corrected chi connectivity index (χ1v) is 6.02. The number of methoxy groups -OCH3 is 2. The fourth-order valence-corrected chi connectivity index (χ4v) is 2.02. The molecular formula is C13H20ClNO2. The molecule has 2 N–H and O–H groups in total. The zero-order chi connectivity index (χ0) is 12.9. The van der Waals surface area contributed by atoms with Crippen LogP contribution in [0.1, 0.15) is 18.9 Å². The number of ether oxygens (including phenoxy) is 2. The molecule has 0 saturated carbocycles. The zero-order valence-electron chi connectivity index (χ0n) is 10.6. The van der Waals surface area contributed by atoms with E-state index in [4.69, 9.17) is 26.8 Å². The predicted molar refractivity (Wildman–Crippen MR) is 70.8 cm³/mol. The van der Waals surface area contributed by atoms with Crippen LogP contribution in [0.25, 0.3) is 0 Å². The van der Waals surface area contributed by atoms with Crippen molar-refractivity contribution in [2.45, 2.75) is 25.3 Å². The number of halogens is 1. The van der Waals surface area contributed by atoms with Crippen molar-refractivity contribution >= 4 is 11.6 Å². The Morgan fingerprint density at radius 1 is 1.35 bits per heavy atom. The second-order valence-corrected chi connectivity index (χ2v) is 4.72. The number of hydrogen-bond acceptors (Lipinski definition) is 3. The summed E-state index contributed by atoms with van der Waals surface area (Å²) < 4.78 is 10.5. The molecule has 0 aromatic heterocycles. The van der Waals surface area contributed by atoms with Crippen LogP contribution >= 0.6 is 11.6 Å². The van der Waals surface area contributed by atoms with Crippen molar-refractivity contribution in [1.82, 2.24) is 0 Å². The van der Waals surface area contributed by atoms with E-state index in [1.807, 2.05) is 18.2 Å². The molecule has 1 rings (SSSR count). The van der Waals surface area contributed by atoms with Gasteiger partial charge >= 0.3 is 0 Å². The summed E-state index contributed by atoms with van der Waals surface area (Å²) in [5.74, 6) is 0.814. The van der Waals surface area contributed by atoms with Gasteiger partial charge in [-0.3, -0.25) is 0 Å². The van der Waals surface area contributed by atoms with Crippen LogP contribution in [-0.2, 0) is 11.2 Å². The van der Waals surface area contributed by atoms with Gasteiger partial charge in [0.2, 0.25) is 0 Å². The average Bonchev–Trinajstić information content (AvgIpc) is 2.29. The van der Waals surface area contributed by atoms with Gasteiger partial charge in [-0.2, -0.15) is 0 Å². The van der Waals surface area contributed by atoms with Crippen LogP contribution in [0.2, 0.25) is 5.02 Å². The van der Waals surface area contributed by atoms with Crippen LogP contribution in [0, 0.1) is 0 Å². The lowest BCUT2D eigenvalue weighted by Gasteiger charge is -2.28. The summed E-state index contributed by atoms with van der Waals surface area (Å²) in [6, 6.07) is 5.57. The van der Waals surface area contributed by atoms with Crippen molar-refractivity contribution < 1.29 is 9.47 Å². The van der Waals surface area contributed by atoms with E-state index < -0.39 is 0 Å². The van der Waals surface area contributed by atoms with Crippen LogP contribution < -0.4 is 10.5 Å². The van der Waals surface area contributed by atoms with E-state index in [0.29, 0.717) is 18.1 Å². The molecule has 0 aliphatic heterocycles. The van der Waals surface area contributed by atoms with Crippen molar-refractivity contribution in [2.75, 3.05) is 20.8 Å². The zero-order valence-corrected chi connectivity index (χ0v) is 11.4. The van der Waals surface area contributed by atoms with Gasteiger partial charge in [-0.1, -0.05) is 18.5 Å². The van der Waals surface area contributed by atoms with E-state index in [0.717, 1.165) is 17.7 Å². The largest absolute Gasteiger partial charge is 0.496 e. The maximum Gasteiger partial charge on any atom is 0.122 e. The Bertz CT molecular complexity index is 370. The van der Waals surface area contributed by atoms with E-state index in [9.17, 15) is 0 Å². The highest BCUT2D eigenvalue weighted by Gasteiger charge is 2.24. The highest BCUT2D eigenvalue weighted by molar-refractivity contribution is 6.30. The average molecular weight is 258 g/mol. The first kappa shape index (κ1) is 14.3. The van der Waals surface area contributed by atoms with Gasteiger partial charge in [-0.15, -0.1) is 0 Å². The van der Waals surface area contributed by atoms with Crippen LogP contribution in [0.4, 0.5) is 0 Å². The van der Waals surface area contributed by atoms with E-state index in [1.165, 1.54) is 0 Å². The summed E-state index contributed by atoms with van der Waals surface area (Å²) in [7, 11) is 3.31. The van der Waals surface area contributed by atoms with Crippen molar-refractivity contribution in [2.24, 2.45) is 5.73 Å². The summed E-state index contributed by atoms with van der Waals surface area (Å²) in [5, 5.41) is 0.691. The summed E-state index contributed by atoms with van der Waals surface area (Å²) in [5.41, 5.74) is 6.92. The van der Waals surface area contributed by atoms with Crippen molar-refractivity contribution in [3.05, 3.63) is 28.8 Å². The van der Waals surface area contributed by atoms with Gasteiger partial charge in [0.05, 0.1) is 13.7 Å². The molecule has 1 aromatic carbocycles. The third-order valence-corrected chi connectivity index (χ3v) is 3.16.